The molecule has 0 aromatic carbocycles. The third kappa shape index (κ3) is 6.56. The lowest BCUT2D eigenvalue weighted by Crippen LogP contribution is -2.48. The van der Waals surface area contributed by atoms with Gasteiger partial charge < -0.3 is 21.1 Å². The number of nitrogens with one attached hydrogen (secondary N) is 1. The van der Waals surface area contributed by atoms with Gasteiger partial charge in [-0.25, -0.2) is 9.97 Å². The molecule has 0 spiro atoms. The second-order valence-electron chi connectivity index (χ2n) is 10.6. The highest BCUT2D eigenvalue weighted by Gasteiger charge is 2.42. The van der Waals surface area contributed by atoms with Crippen molar-refractivity contribution in [2.45, 2.75) is 69.7 Å². The quantitative estimate of drug-likeness (QED) is 0.433. The van der Waals surface area contributed by atoms with Crippen molar-refractivity contribution in [2.24, 2.45) is 23.5 Å². The van der Waals surface area contributed by atoms with Crippen LogP contribution in [0.5, 0.6) is 0 Å². The summed E-state index contributed by atoms with van der Waals surface area (Å²) < 4.78 is 54.8. The maximum absolute atomic E-state index is 15.6. The van der Waals surface area contributed by atoms with E-state index in [1.54, 1.807) is 4.90 Å². The van der Waals surface area contributed by atoms with E-state index >= 15 is 4.39 Å². The summed E-state index contributed by atoms with van der Waals surface area (Å²) in [6, 6.07) is 0.124. The van der Waals surface area contributed by atoms with Crippen molar-refractivity contribution < 1.29 is 27.5 Å². The molecule has 4 N–H and O–H groups in total. The average molecular weight is 517 g/mol. The van der Waals surface area contributed by atoms with Gasteiger partial charge in [0, 0.05) is 31.6 Å². The maximum Gasteiger partial charge on any atom is 0.391 e. The Labute approximate surface area is 208 Å². The molecule has 1 aromatic heterocycles. The molecule has 4 rings (SSSR count). The smallest absolute Gasteiger partial charge is 0.391 e. The van der Waals surface area contributed by atoms with Gasteiger partial charge >= 0.3 is 6.18 Å². The highest BCUT2D eigenvalue weighted by molar-refractivity contribution is 5.75. The summed E-state index contributed by atoms with van der Waals surface area (Å²) in [6.45, 7) is 1.81. The van der Waals surface area contributed by atoms with Crippen LogP contribution in [0.2, 0.25) is 0 Å². The number of hydrogen-bond acceptors (Lipinski definition) is 7. The van der Waals surface area contributed by atoms with Crippen molar-refractivity contribution in [3.63, 3.8) is 0 Å². The average Bonchev–Trinajstić information content (AvgIpc) is 2.77. The molecule has 12 heteroatoms. The van der Waals surface area contributed by atoms with Crippen molar-refractivity contribution in [1.82, 2.24) is 14.9 Å². The summed E-state index contributed by atoms with van der Waals surface area (Å²) in [4.78, 5) is 23.2. The first-order valence-corrected chi connectivity index (χ1v) is 12.9. The van der Waals surface area contributed by atoms with Gasteiger partial charge in [-0.3, -0.25) is 9.69 Å². The van der Waals surface area contributed by atoms with Crippen molar-refractivity contribution in [1.29, 1.82) is 0 Å². The van der Waals surface area contributed by atoms with Crippen LogP contribution in [0.15, 0.2) is 6.33 Å². The van der Waals surface area contributed by atoms with Crippen LogP contribution in [0.1, 0.15) is 51.4 Å². The second kappa shape index (κ2) is 11.5. The van der Waals surface area contributed by atoms with Crippen LogP contribution in [0.25, 0.3) is 0 Å². The molecule has 1 amide bonds. The molecule has 0 unspecified atom stereocenters. The lowest BCUT2D eigenvalue weighted by molar-refractivity contribution is -0.183. The Morgan fingerprint density at radius 1 is 1.17 bits per heavy atom. The minimum Gasteiger partial charge on any atom is -0.391 e. The number of halogens is 4. The molecular weight excluding hydrogens is 480 g/mol. The number of nitrogens with two attached hydrogens (primary N) is 1. The molecule has 36 heavy (non-hydrogen) atoms. The predicted octanol–water partition coefficient (Wildman–Crippen LogP) is 2.92. The SMILES string of the molecule is NC(=O)CN1CC[C@@H](CNc2ncnc(N(CC3CCC(C(F)(F)F)CC3)C3CCC3)c2F)[C@H](O)C1. The fourth-order valence-corrected chi connectivity index (χ4v) is 5.62. The first kappa shape index (κ1) is 26.8. The number of aliphatic hydroxyl groups excluding tert-OH is 1. The first-order valence-electron chi connectivity index (χ1n) is 12.9. The first-order chi connectivity index (χ1) is 17.1. The number of carbonyl (C=O) groups is 1. The highest BCUT2D eigenvalue weighted by Crippen LogP contribution is 2.41. The van der Waals surface area contributed by atoms with Gasteiger partial charge in [-0.15, -0.1) is 0 Å². The summed E-state index contributed by atoms with van der Waals surface area (Å²) in [7, 11) is 0. The standard InChI is InChI=1S/C24H36F4N6O2/c25-21-22(30-10-16-8-9-33(12-19(16)35)13-20(29)36)31-14-32-23(21)34(18-2-1-3-18)11-15-4-6-17(7-5-15)24(26,27)28/h14-19,35H,1-13H2,(H2,29,36)(H,30,31,32)/t15?,16-,17?,19+/m0/s1. The fourth-order valence-electron chi connectivity index (χ4n) is 5.62. The number of carbonyl (C=O) groups excluding carboxylic acids is 1. The van der Waals surface area contributed by atoms with Gasteiger partial charge in [0.05, 0.1) is 18.6 Å². The van der Waals surface area contributed by atoms with Crippen LogP contribution in [-0.4, -0.2) is 76.9 Å². The largest absolute Gasteiger partial charge is 0.391 e. The highest BCUT2D eigenvalue weighted by atomic mass is 19.4. The molecule has 1 aliphatic heterocycles. The minimum atomic E-state index is -4.15. The number of amides is 1. The van der Waals surface area contributed by atoms with Crippen LogP contribution < -0.4 is 16.0 Å². The maximum atomic E-state index is 15.6. The Bertz CT molecular complexity index is 892. The van der Waals surface area contributed by atoms with Crippen LogP contribution in [-0.2, 0) is 4.79 Å². The molecular formula is C24H36F4N6O2. The lowest BCUT2D eigenvalue weighted by atomic mass is 9.80. The monoisotopic (exact) mass is 516 g/mol. The number of alkyl halides is 3. The van der Waals surface area contributed by atoms with Crippen LogP contribution >= 0.6 is 0 Å². The molecule has 8 nitrogen and oxygen atoms in total. The third-order valence-electron chi connectivity index (χ3n) is 8.04. The number of β-amino-alcohol motifs (C(OH)–C–C–N with tert-alkyl or cyclic N) is 1. The number of anilines is 2. The van der Waals surface area contributed by atoms with E-state index < -0.39 is 29.9 Å². The molecule has 3 fully saturated rings. The van der Waals surface area contributed by atoms with Gasteiger partial charge in [-0.2, -0.15) is 17.6 Å². The van der Waals surface area contributed by atoms with E-state index in [2.05, 4.69) is 15.3 Å². The van der Waals surface area contributed by atoms with Crippen molar-refractivity contribution >= 4 is 17.5 Å². The lowest BCUT2D eigenvalue weighted by Gasteiger charge is -2.42. The van der Waals surface area contributed by atoms with E-state index in [0.717, 1.165) is 19.3 Å². The molecule has 202 valence electrons. The summed E-state index contributed by atoms with van der Waals surface area (Å²) in [5.41, 5.74) is 5.23. The van der Waals surface area contributed by atoms with E-state index in [-0.39, 0.29) is 48.9 Å². The summed E-state index contributed by atoms with van der Waals surface area (Å²) in [6.07, 6.45) is 1.10. The molecule has 2 saturated carbocycles. The molecule has 2 aliphatic carbocycles. The molecule has 3 aliphatic rings. The van der Waals surface area contributed by atoms with Gasteiger partial charge in [0.2, 0.25) is 11.7 Å². The van der Waals surface area contributed by atoms with E-state index in [0.29, 0.717) is 45.4 Å². The van der Waals surface area contributed by atoms with Gasteiger partial charge in [0.25, 0.3) is 0 Å². The Kier molecular flexibility index (Phi) is 8.54. The zero-order valence-corrected chi connectivity index (χ0v) is 20.4. The van der Waals surface area contributed by atoms with Crippen LogP contribution in [0, 0.1) is 23.6 Å². The number of primary amides is 1. The fraction of sp³-hybridized carbons (Fsp3) is 0.792. The molecule has 0 bridgehead atoms. The van der Waals surface area contributed by atoms with Crippen molar-refractivity contribution in [3.05, 3.63) is 12.1 Å². The topological polar surface area (TPSA) is 108 Å². The van der Waals surface area contributed by atoms with E-state index in [9.17, 15) is 23.1 Å². The number of nitrogens with zero attached hydrogens (tertiary/aromatic N) is 4. The third-order valence-corrected chi connectivity index (χ3v) is 8.04. The number of aliphatic hydroxyl groups is 1. The van der Waals surface area contributed by atoms with Gasteiger partial charge in [0.15, 0.2) is 11.6 Å². The Balaban J connectivity index is 1.38. The predicted molar refractivity (Wildman–Crippen MR) is 127 cm³/mol. The Morgan fingerprint density at radius 2 is 1.89 bits per heavy atom. The molecule has 1 aromatic rings. The number of likely N-dealkylation sites (tertiary alicyclic amines) is 1. The number of hydrogen-bond donors (Lipinski definition) is 3. The van der Waals surface area contributed by atoms with Crippen LogP contribution in [0.4, 0.5) is 29.2 Å². The van der Waals surface area contributed by atoms with Gasteiger partial charge in [-0.1, -0.05) is 0 Å². The normalized spacial score (nSPS) is 27.9. The molecule has 2 atom stereocenters. The Hall–Kier alpha value is -2.21. The van der Waals surface area contributed by atoms with E-state index in [1.807, 2.05) is 4.90 Å². The molecule has 2 heterocycles. The van der Waals surface area contributed by atoms with Crippen LogP contribution in [0.3, 0.4) is 0 Å². The summed E-state index contributed by atoms with van der Waals surface area (Å²) in [5, 5.41) is 13.5. The number of piperidine rings is 1. The Morgan fingerprint density at radius 3 is 2.47 bits per heavy atom. The summed E-state index contributed by atoms with van der Waals surface area (Å²) in [5.74, 6) is -2.10. The zero-order chi connectivity index (χ0) is 25.9. The summed E-state index contributed by atoms with van der Waals surface area (Å²) >= 11 is 0. The van der Waals surface area contributed by atoms with E-state index in [4.69, 9.17) is 5.73 Å². The minimum absolute atomic E-state index is 0.0527. The molecule has 0 radical (unpaired) electrons. The van der Waals surface area contributed by atoms with E-state index in [1.165, 1.54) is 6.33 Å². The second-order valence-corrected chi connectivity index (χ2v) is 10.6. The zero-order valence-electron chi connectivity index (χ0n) is 20.4. The van der Waals surface area contributed by atoms with Gasteiger partial charge in [0.1, 0.15) is 6.33 Å². The number of aromatic nitrogens is 2. The molecule has 1 saturated heterocycles. The number of rotatable bonds is 9. The van der Waals surface area contributed by atoms with Crippen molar-refractivity contribution in [2.75, 3.05) is 42.9 Å². The van der Waals surface area contributed by atoms with Gasteiger partial charge in [-0.05, 0) is 63.8 Å². The van der Waals surface area contributed by atoms with Crippen molar-refractivity contribution in [3.8, 4) is 0 Å².